The third-order valence-corrected chi connectivity index (χ3v) is 3.45. The minimum absolute atomic E-state index is 0.105. The molecule has 0 spiro atoms. The Morgan fingerprint density at radius 2 is 1.61 bits per heavy atom. The SMILES string of the molecule is O=c1cc(C=Cc2ccc(C(F)(F)F)cc2)[nH]c2ccccc12. The number of aromatic nitrogens is 1. The van der Waals surface area contributed by atoms with Gasteiger partial charge in [0.25, 0.3) is 0 Å². The maximum absolute atomic E-state index is 12.5. The molecule has 0 aliphatic heterocycles. The first-order chi connectivity index (χ1) is 10.9. The molecule has 2 aromatic carbocycles. The zero-order valence-electron chi connectivity index (χ0n) is 11.9. The minimum atomic E-state index is -4.34. The van der Waals surface area contributed by atoms with E-state index < -0.39 is 11.7 Å². The molecule has 116 valence electrons. The van der Waals surface area contributed by atoms with Gasteiger partial charge in [0.1, 0.15) is 0 Å². The number of hydrogen-bond donors (Lipinski definition) is 1. The maximum atomic E-state index is 12.5. The van der Waals surface area contributed by atoms with Gasteiger partial charge in [0, 0.05) is 22.7 Å². The lowest BCUT2D eigenvalue weighted by atomic mass is 10.1. The molecule has 23 heavy (non-hydrogen) atoms. The molecule has 3 rings (SSSR count). The Bertz CT molecular complexity index is 921. The van der Waals surface area contributed by atoms with Crippen LogP contribution in [0.3, 0.4) is 0 Å². The van der Waals surface area contributed by atoms with Gasteiger partial charge in [-0.3, -0.25) is 4.79 Å². The Hall–Kier alpha value is -2.82. The van der Waals surface area contributed by atoms with Crippen LogP contribution in [0.25, 0.3) is 23.1 Å². The molecule has 3 aromatic rings. The van der Waals surface area contributed by atoms with Gasteiger partial charge in [0.05, 0.1) is 5.56 Å². The number of pyridine rings is 1. The molecule has 1 aromatic heterocycles. The van der Waals surface area contributed by atoms with Gasteiger partial charge in [0.15, 0.2) is 5.43 Å². The first-order valence-corrected chi connectivity index (χ1v) is 6.91. The summed E-state index contributed by atoms with van der Waals surface area (Å²) in [5.74, 6) is 0. The highest BCUT2D eigenvalue weighted by atomic mass is 19.4. The summed E-state index contributed by atoms with van der Waals surface area (Å²) in [4.78, 5) is 15.1. The van der Waals surface area contributed by atoms with Crippen molar-refractivity contribution in [2.75, 3.05) is 0 Å². The summed E-state index contributed by atoms with van der Waals surface area (Å²) >= 11 is 0. The fourth-order valence-corrected chi connectivity index (χ4v) is 2.28. The molecule has 0 bridgehead atoms. The van der Waals surface area contributed by atoms with Crippen molar-refractivity contribution in [2.45, 2.75) is 6.18 Å². The number of alkyl halides is 3. The number of fused-ring (bicyclic) bond motifs is 1. The lowest BCUT2D eigenvalue weighted by molar-refractivity contribution is -0.137. The topological polar surface area (TPSA) is 32.9 Å². The van der Waals surface area contributed by atoms with Crippen molar-refractivity contribution < 1.29 is 13.2 Å². The molecule has 1 heterocycles. The van der Waals surface area contributed by atoms with E-state index in [1.165, 1.54) is 18.2 Å². The predicted octanol–water partition coefficient (Wildman–Crippen LogP) is 4.72. The van der Waals surface area contributed by atoms with E-state index in [0.29, 0.717) is 22.2 Å². The van der Waals surface area contributed by atoms with Gasteiger partial charge in [-0.05, 0) is 35.9 Å². The van der Waals surface area contributed by atoms with Crippen LogP contribution in [0, 0.1) is 0 Å². The zero-order chi connectivity index (χ0) is 16.4. The van der Waals surface area contributed by atoms with Gasteiger partial charge in [-0.1, -0.05) is 30.3 Å². The van der Waals surface area contributed by atoms with Crippen molar-refractivity contribution in [3.05, 3.63) is 81.6 Å². The standard InChI is InChI=1S/C18H12F3NO/c19-18(20,21)13-8-5-12(6-9-13)7-10-14-11-17(23)15-3-1-2-4-16(15)22-14/h1-11H,(H,22,23). The average molecular weight is 315 g/mol. The van der Waals surface area contributed by atoms with Crippen LogP contribution in [-0.4, -0.2) is 4.98 Å². The number of hydrogen-bond acceptors (Lipinski definition) is 1. The number of aromatic amines is 1. The Kier molecular flexibility index (Phi) is 3.78. The van der Waals surface area contributed by atoms with Crippen LogP contribution in [-0.2, 0) is 6.18 Å². The summed E-state index contributed by atoms with van der Waals surface area (Å²) < 4.78 is 37.5. The largest absolute Gasteiger partial charge is 0.416 e. The van der Waals surface area contributed by atoms with Crippen molar-refractivity contribution in [3.8, 4) is 0 Å². The van der Waals surface area contributed by atoms with Crippen molar-refractivity contribution in [1.82, 2.24) is 4.98 Å². The highest BCUT2D eigenvalue weighted by Crippen LogP contribution is 2.29. The van der Waals surface area contributed by atoms with Crippen molar-refractivity contribution in [3.63, 3.8) is 0 Å². The molecule has 0 aliphatic rings. The van der Waals surface area contributed by atoms with Gasteiger partial charge < -0.3 is 4.98 Å². The molecule has 0 aliphatic carbocycles. The molecule has 0 atom stereocenters. The van der Waals surface area contributed by atoms with Gasteiger partial charge in [0.2, 0.25) is 0 Å². The smallest absolute Gasteiger partial charge is 0.355 e. The number of nitrogens with one attached hydrogen (secondary N) is 1. The number of para-hydroxylation sites is 1. The van der Waals surface area contributed by atoms with Gasteiger partial charge >= 0.3 is 6.18 Å². The molecule has 0 amide bonds. The molecular formula is C18H12F3NO. The second kappa shape index (κ2) is 5.76. The average Bonchev–Trinajstić information content (AvgIpc) is 2.52. The van der Waals surface area contributed by atoms with Gasteiger partial charge in [-0.15, -0.1) is 0 Å². The molecular weight excluding hydrogens is 303 g/mol. The van der Waals surface area contributed by atoms with E-state index in [9.17, 15) is 18.0 Å². The molecule has 0 saturated heterocycles. The van der Waals surface area contributed by atoms with Crippen LogP contribution in [0.15, 0.2) is 59.4 Å². The molecule has 5 heteroatoms. The Labute approximate surface area is 129 Å². The summed E-state index contributed by atoms with van der Waals surface area (Å²) in [7, 11) is 0. The van der Waals surface area contributed by atoms with Crippen molar-refractivity contribution in [2.24, 2.45) is 0 Å². The minimum Gasteiger partial charge on any atom is -0.355 e. The first kappa shape index (κ1) is 15.1. The fourth-order valence-electron chi connectivity index (χ4n) is 2.28. The fraction of sp³-hybridized carbons (Fsp3) is 0.0556. The molecule has 2 nitrogen and oxygen atoms in total. The van der Waals surface area contributed by atoms with E-state index in [0.717, 1.165) is 12.1 Å². The molecule has 0 radical (unpaired) electrons. The number of rotatable bonds is 2. The van der Waals surface area contributed by atoms with Crippen LogP contribution < -0.4 is 5.43 Å². The first-order valence-electron chi connectivity index (χ1n) is 6.91. The Morgan fingerprint density at radius 3 is 2.30 bits per heavy atom. The van der Waals surface area contributed by atoms with Crippen LogP contribution in [0.4, 0.5) is 13.2 Å². The van der Waals surface area contributed by atoms with Crippen LogP contribution >= 0.6 is 0 Å². The second-order valence-electron chi connectivity index (χ2n) is 5.09. The van der Waals surface area contributed by atoms with E-state index in [-0.39, 0.29) is 5.43 Å². The van der Waals surface area contributed by atoms with E-state index in [1.807, 2.05) is 6.07 Å². The lowest BCUT2D eigenvalue weighted by Gasteiger charge is -2.06. The van der Waals surface area contributed by atoms with E-state index in [1.54, 1.807) is 30.4 Å². The molecule has 0 saturated carbocycles. The monoisotopic (exact) mass is 315 g/mol. The maximum Gasteiger partial charge on any atom is 0.416 e. The highest BCUT2D eigenvalue weighted by Gasteiger charge is 2.29. The van der Waals surface area contributed by atoms with Gasteiger partial charge in [-0.25, -0.2) is 0 Å². The normalized spacial score (nSPS) is 12.1. The summed E-state index contributed by atoms with van der Waals surface area (Å²) in [6, 6.07) is 13.4. The quantitative estimate of drug-likeness (QED) is 0.729. The Balaban J connectivity index is 1.89. The summed E-state index contributed by atoms with van der Waals surface area (Å²) in [5.41, 5.74) is 1.13. The zero-order valence-corrected chi connectivity index (χ0v) is 11.9. The van der Waals surface area contributed by atoms with Crippen molar-refractivity contribution >= 4 is 23.1 Å². The van der Waals surface area contributed by atoms with E-state index >= 15 is 0 Å². The van der Waals surface area contributed by atoms with Crippen LogP contribution in [0.5, 0.6) is 0 Å². The summed E-state index contributed by atoms with van der Waals surface area (Å²) in [6.07, 6.45) is -1.03. The third-order valence-electron chi connectivity index (χ3n) is 3.45. The van der Waals surface area contributed by atoms with Crippen molar-refractivity contribution in [1.29, 1.82) is 0 Å². The lowest BCUT2D eigenvalue weighted by Crippen LogP contribution is -2.04. The summed E-state index contributed by atoms with van der Waals surface area (Å²) in [6.45, 7) is 0. The van der Waals surface area contributed by atoms with E-state index in [4.69, 9.17) is 0 Å². The number of halogens is 3. The number of benzene rings is 2. The van der Waals surface area contributed by atoms with Crippen LogP contribution in [0.1, 0.15) is 16.8 Å². The summed E-state index contributed by atoms with van der Waals surface area (Å²) in [5, 5.41) is 0.596. The predicted molar refractivity (Wildman–Crippen MR) is 84.9 cm³/mol. The highest BCUT2D eigenvalue weighted by molar-refractivity contribution is 5.80. The third kappa shape index (κ3) is 3.34. The molecule has 0 unspecified atom stereocenters. The number of H-pyrrole nitrogens is 1. The molecule has 0 fully saturated rings. The van der Waals surface area contributed by atoms with Gasteiger partial charge in [-0.2, -0.15) is 13.2 Å². The second-order valence-corrected chi connectivity index (χ2v) is 5.09. The Morgan fingerprint density at radius 1 is 0.913 bits per heavy atom. The molecule has 1 N–H and O–H groups in total. The van der Waals surface area contributed by atoms with Crippen LogP contribution in [0.2, 0.25) is 0 Å². The van der Waals surface area contributed by atoms with E-state index in [2.05, 4.69) is 4.98 Å².